The molecule has 4 aromatic rings. The predicted molar refractivity (Wildman–Crippen MR) is 112 cm³/mol. The molecule has 4 heterocycles. The van der Waals surface area contributed by atoms with Crippen LogP contribution in [0.2, 0.25) is 0 Å². The van der Waals surface area contributed by atoms with Crippen molar-refractivity contribution in [2.75, 3.05) is 13.2 Å². The Morgan fingerprint density at radius 1 is 1.20 bits per heavy atom. The number of fused-ring (bicyclic) bond motifs is 1. The van der Waals surface area contributed by atoms with E-state index in [1.54, 1.807) is 17.1 Å². The number of rotatable bonds is 6. The predicted octanol–water partition coefficient (Wildman–Crippen LogP) is 3.65. The quantitative estimate of drug-likeness (QED) is 0.532. The van der Waals surface area contributed by atoms with E-state index in [1.807, 2.05) is 48.5 Å². The summed E-state index contributed by atoms with van der Waals surface area (Å²) in [5, 5.41) is 8.21. The Balaban J connectivity index is 1.53. The molecule has 7 heteroatoms. The number of nitrogens with zero attached hydrogens (tertiary/aromatic N) is 3. The molecular formula is C23H22N4O3. The van der Waals surface area contributed by atoms with Crippen molar-refractivity contribution < 1.29 is 13.9 Å². The summed E-state index contributed by atoms with van der Waals surface area (Å²) >= 11 is 0. The van der Waals surface area contributed by atoms with E-state index in [1.165, 1.54) is 0 Å². The van der Waals surface area contributed by atoms with Crippen LogP contribution in [-0.2, 0) is 11.3 Å². The van der Waals surface area contributed by atoms with Gasteiger partial charge in [-0.1, -0.05) is 30.3 Å². The number of amides is 1. The molecule has 1 unspecified atom stereocenters. The highest BCUT2D eigenvalue weighted by molar-refractivity contribution is 6.06. The van der Waals surface area contributed by atoms with Crippen molar-refractivity contribution >= 4 is 16.9 Å². The fourth-order valence-corrected chi connectivity index (χ4v) is 3.77. The third-order valence-electron chi connectivity index (χ3n) is 5.32. The first-order valence-corrected chi connectivity index (χ1v) is 10.1. The maximum Gasteiger partial charge on any atom is 0.252 e. The maximum absolute atomic E-state index is 13.1. The number of nitrogens with one attached hydrogen (secondary N) is 1. The molecule has 3 aromatic heterocycles. The van der Waals surface area contributed by atoms with Crippen molar-refractivity contribution in [1.29, 1.82) is 0 Å². The standard InChI is InChI=1S/C23H22N4O3/c28-23(24-13-17-8-4-10-29-17)19-12-21(16-6-2-1-3-7-16)26-22-20(19)14-25-27(22)15-18-9-5-11-30-18/h1-3,5-7,9,11-12,14,17H,4,8,10,13,15H2,(H,24,28). The number of hydrogen-bond donors (Lipinski definition) is 1. The van der Waals surface area contributed by atoms with Gasteiger partial charge in [-0.15, -0.1) is 0 Å². The van der Waals surface area contributed by atoms with E-state index >= 15 is 0 Å². The van der Waals surface area contributed by atoms with Gasteiger partial charge in [-0.2, -0.15) is 5.10 Å². The van der Waals surface area contributed by atoms with Crippen molar-refractivity contribution in [3.05, 3.63) is 72.3 Å². The molecule has 1 amide bonds. The van der Waals surface area contributed by atoms with Gasteiger partial charge in [-0.05, 0) is 31.0 Å². The minimum atomic E-state index is -0.146. The SMILES string of the molecule is O=C(NCC1CCCO1)c1cc(-c2ccccc2)nc2c1cnn2Cc1ccco1. The summed E-state index contributed by atoms with van der Waals surface area (Å²) in [5.74, 6) is 0.629. The highest BCUT2D eigenvalue weighted by Crippen LogP contribution is 2.25. The van der Waals surface area contributed by atoms with Gasteiger partial charge in [0.05, 0.1) is 35.2 Å². The molecule has 1 fully saturated rings. The Hall–Kier alpha value is -3.45. The number of carbonyl (C=O) groups excluding carboxylic acids is 1. The molecule has 1 aliphatic heterocycles. The van der Waals surface area contributed by atoms with Gasteiger partial charge >= 0.3 is 0 Å². The minimum absolute atomic E-state index is 0.0848. The summed E-state index contributed by atoms with van der Waals surface area (Å²) in [6.07, 6.45) is 5.43. The molecule has 1 N–H and O–H groups in total. The lowest BCUT2D eigenvalue weighted by atomic mass is 10.1. The lowest BCUT2D eigenvalue weighted by Crippen LogP contribution is -2.31. The minimum Gasteiger partial charge on any atom is -0.467 e. The lowest BCUT2D eigenvalue weighted by molar-refractivity contribution is 0.0859. The second-order valence-corrected chi connectivity index (χ2v) is 7.38. The summed E-state index contributed by atoms with van der Waals surface area (Å²) in [5.41, 5.74) is 2.88. The highest BCUT2D eigenvalue weighted by atomic mass is 16.5. The van der Waals surface area contributed by atoms with E-state index in [9.17, 15) is 4.79 Å². The summed E-state index contributed by atoms with van der Waals surface area (Å²) in [6, 6.07) is 15.4. The van der Waals surface area contributed by atoms with Crippen LogP contribution in [0.5, 0.6) is 0 Å². The summed E-state index contributed by atoms with van der Waals surface area (Å²) in [6.45, 7) is 1.71. The van der Waals surface area contributed by atoms with Crippen LogP contribution in [0.3, 0.4) is 0 Å². The van der Waals surface area contributed by atoms with Crippen LogP contribution >= 0.6 is 0 Å². The molecule has 1 aromatic carbocycles. The van der Waals surface area contributed by atoms with Gasteiger partial charge < -0.3 is 14.5 Å². The van der Waals surface area contributed by atoms with Gasteiger partial charge in [0.2, 0.25) is 0 Å². The third-order valence-corrected chi connectivity index (χ3v) is 5.32. The maximum atomic E-state index is 13.1. The first kappa shape index (κ1) is 18.6. The number of carbonyl (C=O) groups is 1. The summed E-state index contributed by atoms with van der Waals surface area (Å²) in [7, 11) is 0. The lowest BCUT2D eigenvalue weighted by Gasteiger charge is -2.12. The summed E-state index contributed by atoms with van der Waals surface area (Å²) < 4.78 is 12.9. The van der Waals surface area contributed by atoms with Crippen molar-refractivity contribution in [1.82, 2.24) is 20.1 Å². The van der Waals surface area contributed by atoms with E-state index < -0.39 is 0 Å². The number of pyridine rings is 1. The van der Waals surface area contributed by atoms with E-state index in [-0.39, 0.29) is 12.0 Å². The second-order valence-electron chi connectivity index (χ2n) is 7.38. The Morgan fingerprint density at radius 3 is 2.87 bits per heavy atom. The first-order chi connectivity index (χ1) is 14.8. The van der Waals surface area contributed by atoms with Gasteiger partial charge in [-0.3, -0.25) is 4.79 Å². The van der Waals surface area contributed by atoms with Crippen LogP contribution in [0, 0.1) is 0 Å². The molecule has 0 spiro atoms. The van der Waals surface area contributed by atoms with Crippen LogP contribution in [-0.4, -0.2) is 39.9 Å². The molecule has 30 heavy (non-hydrogen) atoms. The summed E-state index contributed by atoms with van der Waals surface area (Å²) in [4.78, 5) is 17.9. The van der Waals surface area contributed by atoms with Crippen LogP contribution in [0.25, 0.3) is 22.3 Å². The van der Waals surface area contributed by atoms with Crippen molar-refractivity contribution in [2.45, 2.75) is 25.5 Å². The van der Waals surface area contributed by atoms with Crippen LogP contribution < -0.4 is 5.32 Å². The van der Waals surface area contributed by atoms with Gasteiger partial charge in [0.25, 0.3) is 5.91 Å². The third kappa shape index (κ3) is 3.71. The smallest absolute Gasteiger partial charge is 0.252 e. The van der Waals surface area contributed by atoms with Gasteiger partial charge in [-0.25, -0.2) is 9.67 Å². The molecule has 1 saturated heterocycles. The monoisotopic (exact) mass is 402 g/mol. The topological polar surface area (TPSA) is 82.2 Å². The zero-order chi connectivity index (χ0) is 20.3. The normalized spacial score (nSPS) is 16.2. The van der Waals surface area contributed by atoms with Gasteiger partial charge in [0.1, 0.15) is 12.3 Å². The molecule has 0 aliphatic carbocycles. The second kappa shape index (κ2) is 8.12. The highest BCUT2D eigenvalue weighted by Gasteiger charge is 2.20. The van der Waals surface area contributed by atoms with Crippen LogP contribution in [0.15, 0.2) is 65.4 Å². The average Bonchev–Trinajstić information content (AvgIpc) is 3.55. The molecule has 5 rings (SSSR count). The largest absolute Gasteiger partial charge is 0.467 e. The molecule has 152 valence electrons. The number of hydrogen-bond acceptors (Lipinski definition) is 5. The Kier molecular flexibility index (Phi) is 5.03. The van der Waals surface area contributed by atoms with E-state index in [0.717, 1.165) is 36.5 Å². The Labute approximate surface area is 173 Å². The molecule has 0 bridgehead atoms. The van der Waals surface area contributed by atoms with E-state index in [0.29, 0.717) is 29.7 Å². The molecular weight excluding hydrogens is 380 g/mol. The van der Waals surface area contributed by atoms with Crippen molar-refractivity contribution in [3.63, 3.8) is 0 Å². The fourth-order valence-electron chi connectivity index (χ4n) is 3.77. The van der Waals surface area contributed by atoms with Crippen LogP contribution in [0.1, 0.15) is 29.0 Å². The zero-order valence-electron chi connectivity index (χ0n) is 16.5. The fraction of sp³-hybridized carbons (Fsp3) is 0.261. The molecule has 0 saturated carbocycles. The zero-order valence-corrected chi connectivity index (χ0v) is 16.5. The van der Waals surface area contributed by atoms with Crippen molar-refractivity contribution in [2.24, 2.45) is 0 Å². The Morgan fingerprint density at radius 2 is 2.10 bits per heavy atom. The number of ether oxygens (including phenoxy) is 1. The molecule has 1 aliphatic rings. The molecule has 0 radical (unpaired) electrons. The van der Waals surface area contributed by atoms with Crippen LogP contribution in [0.4, 0.5) is 0 Å². The van der Waals surface area contributed by atoms with E-state index in [2.05, 4.69) is 10.4 Å². The van der Waals surface area contributed by atoms with Gasteiger partial charge in [0, 0.05) is 18.7 Å². The van der Waals surface area contributed by atoms with Crippen molar-refractivity contribution in [3.8, 4) is 11.3 Å². The Bertz CT molecular complexity index is 1150. The molecule has 1 atom stereocenters. The number of furan rings is 1. The van der Waals surface area contributed by atoms with E-state index in [4.69, 9.17) is 14.1 Å². The average molecular weight is 402 g/mol. The van der Waals surface area contributed by atoms with Gasteiger partial charge in [0.15, 0.2) is 5.65 Å². The first-order valence-electron chi connectivity index (χ1n) is 10.1. The number of aromatic nitrogens is 3. The number of benzene rings is 1. The molecule has 7 nitrogen and oxygen atoms in total.